The first-order valence-electron chi connectivity index (χ1n) is 21.6. The van der Waals surface area contributed by atoms with Crippen molar-refractivity contribution in [2.24, 2.45) is 0 Å². The molecule has 0 bridgehead atoms. The summed E-state index contributed by atoms with van der Waals surface area (Å²) in [5.41, 5.74) is 16.4. The van der Waals surface area contributed by atoms with Crippen molar-refractivity contribution >= 4 is 48.1 Å². The number of halogens is 2. The van der Waals surface area contributed by atoms with Gasteiger partial charge in [-0.1, -0.05) is 199 Å². The van der Waals surface area contributed by atoms with Crippen LogP contribution in [0.4, 0.5) is 0 Å². The Hall–Kier alpha value is -3.78. The van der Waals surface area contributed by atoms with Crippen LogP contribution in [-0.4, -0.2) is 9.52 Å². The van der Waals surface area contributed by atoms with Crippen LogP contribution < -0.4 is 0 Å². The molecule has 0 nitrogen and oxygen atoms in total. The molecule has 0 spiro atoms. The maximum atomic E-state index is 4.93. The van der Waals surface area contributed by atoms with Gasteiger partial charge in [0.05, 0.1) is 0 Å². The minimum absolute atomic E-state index is 0.597. The average molecular weight is 923 g/mol. The molecule has 2 radical (unpaired) electrons. The summed E-state index contributed by atoms with van der Waals surface area (Å²) in [6.07, 6.45) is 4.43. The van der Waals surface area contributed by atoms with Crippen LogP contribution in [0, 0.1) is 0 Å². The molecule has 0 aliphatic heterocycles. The molecule has 0 saturated carbocycles. The van der Waals surface area contributed by atoms with Crippen molar-refractivity contribution in [3.63, 3.8) is 0 Å². The molecule has 306 valence electrons. The molecule has 4 heteroatoms. The zero-order chi connectivity index (χ0) is 43.0. The number of hydrogen-bond acceptors (Lipinski definition) is 0. The molecule has 2 unspecified atom stereocenters. The molecule has 0 saturated heterocycles. The van der Waals surface area contributed by atoms with Gasteiger partial charge in [-0.3, -0.25) is 0 Å². The summed E-state index contributed by atoms with van der Waals surface area (Å²) in [5.74, 6) is 1.19. The molecular formula is C56H60Cl2SiZr. The molecule has 0 heterocycles. The Kier molecular flexibility index (Phi) is 18.9. The van der Waals surface area contributed by atoms with E-state index in [1.54, 1.807) is 0 Å². The molecule has 60 heavy (non-hydrogen) atoms. The fourth-order valence-corrected chi connectivity index (χ4v) is 8.11. The molecule has 2 atom stereocenters. The van der Waals surface area contributed by atoms with E-state index in [0.29, 0.717) is 11.8 Å². The maximum absolute atomic E-state index is 4.93. The molecule has 0 fully saturated rings. The van der Waals surface area contributed by atoms with Gasteiger partial charge >= 0.3 is 37.9 Å². The zero-order valence-corrected chi connectivity index (χ0v) is 41.7. The van der Waals surface area contributed by atoms with E-state index in [1.165, 1.54) is 101 Å². The fourth-order valence-electron chi connectivity index (χ4n) is 8.11. The van der Waals surface area contributed by atoms with Gasteiger partial charge in [-0.05, 0) is 58.1 Å². The van der Waals surface area contributed by atoms with Gasteiger partial charge < -0.3 is 0 Å². The summed E-state index contributed by atoms with van der Waals surface area (Å²) in [6.45, 7) is 18.0. The normalized spacial score (nSPS) is 11.6. The van der Waals surface area contributed by atoms with Gasteiger partial charge in [-0.2, -0.15) is 12.1 Å². The summed E-state index contributed by atoms with van der Waals surface area (Å²) in [6, 6.07) is 58.1. The Morgan fingerprint density at radius 1 is 0.483 bits per heavy atom. The number of benzene rings is 6. The summed E-state index contributed by atoms with van der Waals surface area (Å²) < 4.78 is 0. The van der Waals surface area contributed by atoms with Crippen LogP contribution in [-0.2, 0) is 33.7 Å². The molecule has 8 aromatic carbocycles. The molecule has 8 rings (SSSR count). The van der Waals surface area contributed by atoms with E-state index in [9.17, 15) is 0 Å². The monoisotopic (exact) mass is 920 g/mol. The average Bonchev–Trinajstić information content (AvgIpc) is 3.95. The van der Waals surface area contributed by atoms with Crippen LogP contribution in [0.15, 0.2) is 158 Å². The van der Waals surface area contributed by atoms with E-state index < -0.39 is 20.8 Å². The zero-order valence-electron chi connectivity index (χ0n) is 36.8. The summed E-state index contributed by atoms with van der Waals surface area (Å²) in [4.78, 5) is 0. The Morgan fingerprint density at radius 2 is 0.800 bits per heavy atom. The van der Waals surface area contributed by atoms with Crippen LogP contribution in [0.5, 0.6) is 0 Å². The molecule has 8 aromatic rings. The quantitative estimate of drug-likeness (QED) is 0.0947. The van der Waals surface area contributed by atoms with E-state index in [2.05, 4.69) is 212 Å². The SMILES string of the molecule is CCc1ccc2[cH-]c(C(C)CC)cc2c1-c1ccccc1-c1ccccc1.CCc1ccc2[cH-]c(C(C)CC)cc2c1-c1ccccc1-c1ccccc1.C[Si]C.[Cl][Zr+2][Cl]. The first-order chi connectivity index (χ1) is 29.3. The standard InChI is InChI=1S/2C27H27.C2H6Si.2ClH.Zr/c2*1-4-19(3)23-17-22-16-15-20(5-2)27(26(22)18-23)25-14-10-9-13-24(25)21-11-7-6-8-12-21;1-3-2;;;/h2*6-19H,4-5H2,1-3H3;1-2H3;2*1H;/q2*-1;;;;+4/p-2. The van der Waals surface area contributed by atoms with E-state index in [0.717, 1.165) is 22.4 Å². The Bertz CT molecular complexity index is 2340. The van der Waals surface area contributed by atoms with Crippen LogP contribution in [0.2, 0.25) is 13.1 Å². The van der Waals surface area contributed by atoms with Gasteiger partial charge in [0.2, 0.25) is 0 Å². The van der Waals surface area contributed by atoms with Crippen molar-refractivity contribution in [2.75, 3.05) is 0 Å². The molecule has 0 amide bonds. The summed E-state index contributed by atoms with van der Waals surface area (Å²) >= 11 is -0.826. The van der Waals surface area contributed by atoms with Crippen LogP contribution >= 0.6 is 17.0 Å². The van der Waals surface area contributed by atoms with E-state index >= 15 is 0 Å². The molecule has 0 N–H and O–H groups in total. The van der Waals surface area contributed by atoms with Crippen molar-refractivity contribution < 1.29 is 20.8 Å². The Labute approximate surface area is 382 Å². The van der Waals surface area contributed by atoms with Crippen molar-refractivity contribution in [1.29, 1.82) is 0 Å². The number of aryl methyl sites for hydroxylation is 2. The Balaban J connectivity index is 0.000000201. The third-order valence-electron chi connectivity index (χ3n) is 11.7. The molecular weight excluding hydrogens is 863 g/mol. The third kappa shape index (κ3) is 11.4. The van der Waals surface area contributed by atoms with E-state index in [4.69, 9.17) is 17.0 Å². The number of rotatable bonds is 10. The van der Waals surface area contributed by atoms with Gasteiger partial charge in [-0.25, -0.2) is 0 Å². The van der Waals surface area contributed by atoms with E-state index in [1.807, 2.05) is 0 Å². The first kappa shape index (κ1) is 47.3. The van der Waals surface area contributed by atoms with Gasteiger partial charge in [-0.15, -0.1) is 69.1 Å². The first-order valence-corrected chi connectivity index (χ1v) is 29.9. The molecule has 0 aliphatic rings. The van der Waals surface area contributed by atoms with Crippen molar-refractivity contribution in [1.82, 2.24) is 0 Å². The van der Waals surface area contributed by atoms with Crippen LogP contribution in [0.25, 0.3) is 66.1 Å². The second-order valence-corrected chi connectivity index (χ2v) is 20.2. The fraction of sp³-hybridized carbons (Fsp3) is 0.250. The van der Waals surface area contributed by atoms with Crippen LogP contribution in [0.3, 0.4) is 0 Å². The number of fused-ring (bicyclic) bond motifs is 2. The topological polar surface area (TPSA) is 0 Å². The number of hydrogen-bond donors (Lipinski definition) is 0. The second kappa shape index (κ2) is 24.0. The van der Waals surface area contributed by atoms with Gasteiger partial charge in [0.15, 0.2) is 0 Å². The van der Waals surface area contributed by atoms with Crippen molar-refractivity contribution in [2.45, 2.75) is 92.2 Å². The molecule has 0 aromatic heterocycles. The van der Waals surface area contributed by atoms with Crippen molar-refractivity contribution in [3.05, 3.63) is 180 Å². The van der Waals surface area contributed by atoms with E-state index in [-0.39, 0.29) is 0 Å². The third-order valence-corrected chi connectivity index (χ3v) is 11.7. The van der Waals surface area contributed by atoms with Gasteiger partial charge in [0.25, 0.3) is 0 Å². The molecule has 0 aliphatic carbocycles. The summed E-state index contributed by atoms with van der Waals surface area (Å²) in [7, 11) is 11.0. The van der Waals surface area contributed by atoms with Crippen LogP contribution in [0.1, 0.15) is 88.5 Å². The summed E-state index contributed by atoms with van der Waals surface area (Å²) in [5, 5.41) is 5.52. The van der Waals surface area contributed by atoms with Gasteiger partial charge in [0, 0.05) is 9.52 Å². The predicted molar refractivity (Wildman–Crippen MR) is 266 cm³/mol. The minimum atomic E-state index is -0.826. The Morgan fingerprint density at radius 3 is 1.12 bits per heavy atom. The van der Waals surface area contributed by atoms with Crippen molar-refractivity contribution in [3.8, 4) is 44.5 Å². The predicted octanol–water partition coefficient (Wildman–Crippen LogP) is 18.1. The van der Waals surface area contributed by atoms with Gasteiger partial charge in [0.1, 0.15) is 0 Å². The second-order valence-electron chi connectivity index (χ2n) is 15.5.